The van der Waals surface area contributed by atoms with Gasteiger partial charge in [-0.2, -0.15) is 0 Å². The van der Waals surface area contributed by atoms with Crippen molar-refractivity contribution in [2.45, 2.75) is 70.8 Å². The van der Waals surface area contributed by atoms with Crippen molar-refractivity contribution < 1.29 is 5.11 Å². The van der Waals surface area contributed by atoms with E-state index < -0.39 is 0 Å². The Morgan fingerprint density at radius 3 is 2.82 bits per heavy atom. The fraction of sp³-hybridized carbons (Fsp3) is 0.875. The lowest BCUT2D eigenvalue weighted by Crippen LogP contribution is -2.34. The topological polar surface area (TPSA) is 20.2 Å². The second kappa shape index (κ2) is 6.58. The van der Waals surface area contributed by atoms with Gasteiger partial charge in [0.15, 0.2) is 0 Å². The molecule has 98 valence electrons. The van der Waals surface area contributed by atoms with Crippen molar-refractivity contribution >= 4 is 0 Å². The molecule has 1 saturated carbocycles. The molecule has 0 saturated heterocycles. The maximum atomic E-state index is 10.3. The Kier molecular flexibility index (Phi) is 5.09. The minimum atomic E-state index is -0.0353. The van der Waals surface area contributed by atoms with E-state index >= 15 is 0 Å². The lowest BCUT2D eigenvalue weighted by atomic mass is 9.71. The largest absolute Gasteiger partial charge is 0.393 e. The molecule has 0 amide bonds. The number of allylic oxidation sites excluding steroid dienone is 2. The van der Waals surface area contributed by atoms with Crippen LogP contribution in [0.4, 0.5) is 0 Å². The van der Waals surface area contributed by atoms with E-state index in [-0.39, 0.29) is 6.10 Å². The normalized spacial score (nSPS) is 41.5. The molecule has 0 aromatic rings. The van der Waals surface area contributed by atoms with Crippen LogP contribution in [-0.4, -0.2) is 11.2 Å². The maximum Gasteiger partial charge on any atom is 0.0574 e. The van der Waals surface area contributed by atoms with Gasteiger partial charge in [-0.05, 0) is 56.3 Å². The van der Waals surface area contributed by atoms with Crippen LogP contribution in [0.3, 0.4) is 0 Å². The summed E-state index contributed by atoms with van der Waals surface area (Å²) in [7, 11) is 0. The van der Waals surface area contributed by atoms with E-state index in [1.807, 2.05) is 0 Å². The Labute approximate surface area is 106 Å². The van der Waals surface area contributed by atoms with Crippen LogP contribution in [0, 0.1) is 17.8 Å². The molecule has 1 nitrogen and oxygen atoms in total. The molecule has 17 heavy (non-hydrogen) atoms. The molecule has 2 aliphatic carbocycles. The van der Waals surface area contributed by atoms with Crippen molar-refractivity contribution in [1.82, 2.24) is 0 Å². The highest BCUT2D eigenvalue weighted by Crippen LogP contribution is 2.38. The Morgan fingerprint density at radius 2 is 2.00 bits per heavy atom. The van der Waals surface area contributed by atoms with E-state index in [9.17, 15) is 5.11 Å². The third-order valence-electron chi connectivity index (χ3n) is 4.89. The molecule has 0 radical (unpaired) electrons. The average molecular weight is 236 g/mol. The molecular weight excluding hydrogens is 208 g/mol. The number of hydrogen-bond acceptors (Lipinski definition) is 1. The van der Waals surface area contributed by atoms with Crippen LogP contribution in [0.15, 0.2) is 12.2 Å². The molecule has 0 aromatic carbocycles. The zero-order valence-corrected chi connectivity index (χ0v) is 11.3. The standard InChI is InChI=1S/C16H28O/c1-2-13-10-11-16(17)15(12-13)14-8-6-4-3-5-7-9-14/h6,8,13-17H,2-5,7,9-12H2,1H3/b8-6+. The van der Waals surface area contributed by atoms with Gasteiger partial charge >= 0.3 is 0 Å². The van der Waals surface area contributed by atoms with Crippen LogP contribution in [-0.2, 0) is 0 Å². The van der Waals surface area contributed by atoms with E-state index in [0.717, 1.165) is 12.3 Å². The van der Waals surface area contributed by atoms with Crippen LogP contribution >= 0.6 is 0 Å². The zero-order valence-electron chi connectivity index (χ0n) is 11.3. The average Bonchev–Trinajstić information content (AvgIpc) is 2.30. The first-order chi connectivity index (χ1) is 8.31. The number of hydrogen-bond donors (Lipinski definition) is 1. The predicted molar refractivity (Wildman–Crippen MR) is 72.8 cm³/mol. The third-order valence-corrected chi connectivity index (χ3v) is 4.89. The molecule has 1 heteroatoms. The Bertz CT molecular complexity index is 246. The van der Waals surface area contributed by atoms with Gasteiger partial charge in [0.2, 0.25) is 0 Å². The van der Waals surface area contributed by atoms with Gasteiger partial charge in [-0.15, -0.1) is 0 Å². The highest BCUT2D eigenvalue weighted by atomic mass is 16.3. The summed E-state index contributed by atoms with van der Waals surface area (Å²) in [6, 6.07) is 0. The monoisotopic (exact) mass is 236 g/mol. The fourth-order valence-corrected chi connectivity index (χ4v) is 3.65. The zero-order chi connectivity index (χ0) is 12.1. The molecule has 0 aromatic heterocycles. The second-order valence-corrected chi connectivity index (χ2v) is 6.05. The van der Waals surface area contributed by atoms with Crippen LogP contribution < -0.4 is 0 Å². The summed E-state index contributed by atoms with van der Waals surface area (Å²) in [6.07, 6.45) is 16.2. The van der Waals surface area contributed by atoms with E-state index in [2.05, 4.69) is 19.1 Å². The van der Waals surface area contributed by atoms with Gasteiger partial charge in [-0.1, -0.05) is 38.3 Å². The van der Waals surface area contributed by atoms with Crippen molar-refractivity contribution in [1.29, 1.82) is 0 Å². The summed E-state index contributed by atoms with van der Waals surface area (Å²) in [6.45, 7) is 2.30. The Hall–Kier alpha value is -0.300. The lowest BCUT2D eigenvalue weighted by molar-refractivity contribution is 0.0239. The number of aliphatic hydroxyl groups excluding tert-OH is 1. The quantitative estimate of drug-likeness (QED) is 0.708. The molecule has 0 spiro atoms. The Morgan fingerprint density at radius 1 is 1.12 bits per heavy atom. The summed E-state index contributed by atoms with van der Waals surface area (Å²) in [5.74, 6) is 2.06. The van der Waals surface area contributed by atoms with Crippen LogP contribution in [0.25, 0.3) is 0 Å². The lowest BCUT2D eigenvalue weighted by Gasteiger charge is -2.37. The summed E-state index contributed by atoms with van der Waals surface area (Å²) < 4.78 is 0. The number of aliphatic hydroxyl groups is 1. The van der Waals surface area contributed by atoms with Gasteiger partial charge in [0.1, 0.15) is 0 Å². The molecule has 1 fully saturated rings. The van der Waals surface area contributed by atoms with Crippen molar-refractivity contribution in [3.8, 4) is 0 Å². The Balaban J connectivity index is 1.99. The summed E-state index contributed by atoms with van der Waals surface area (Å²) in [4.78, 5) is 0. The molecule has 4 unspecified atom stereocenters. The van der Waals surface area contributed by atoms with E-state index in [0.29, 0.717) is 11.8 Å². The van der Waals surface area contributed by atoms with Crippen molar-refractivity contribution in [2.75, 3.05) is 0 Å². The number of rotatable bonds is 2. The third kappa shape index (κ3) is 3.58. The summed E-state index contributed by atoms with van der Waals surface area (Å²) >= 11 is 0. The molecular formula is C16H28O. The van der Waals surface area contributed by atoms with E-state index in [1.165, 1.54) is 51.4 Å². The minimum absolute atomic E-state index is 0.0353. The first kappa shape index (κ1) is 13.1. The van der Waals surface area contributed by atoms with Crippen molar-refractivity contribution in [2.24, 2.45) is 17.8 Å². The second-order valence-electron chi connectivity index (χ2n) is 6.05. The van der Waals surface area contributed by atoms with Gasteiger partial charge in [-0.25, -0.2) is 0 Å². The van der Waals surface area contributed by atoms with Crippen molar-refractivity contribution in [3.05, 3.63) is 12.2 Å². The molecule has 2 aliphatic rings. The first-order valence-electron chi connectivity index (χ1n) is 7.66. The molecule has 0 aliphatic heterocycles. The van der Waals surface area contributed by atoms with Gasteiger partial charge in [0, 0.05) is 0 Å². The maximum absolute atomic E-state index is 10.3. The summed E-state index contributed by atoms with van der Waals surface area (Å²) in [5.41, 5.74) is 0. The van der Waals surface area contributed by atoms with Crippen LogP contribution in [0.1, 0.15) is 64.7 Å². The molecule has 0 bridgehead atoms. The smallest absolute Gasteiger partial charge is 0.0574 e. The van der Waals surface area contributed by atoms with Crippen LogP contribution in [0.2, 0.25) is 0 Å². The summed E-state index contributed by atoms with van der Waals surface area (Å²) in [5, 5.41) is 10.3. The van der Waals surface area contributed by atoms with Gasteiger partial charge in [-0.3, -0.25) is 0 Å². The SMILES string of the molecule is CCC1CCC(O)C(C2/C=C/CCCCC2)C1. The van der Waals surface area contributed by atoms with E-state index in [1.54, 1.807) is 0 Å². The highest BCUT2D eigenvalue weighted by molar-refractivity contribution is 4.96. The minimum Gasteiger partial charge on any atom is -0.393 e. The van der Waals surface area contributed by atoms with Gasteiger partial charge in [0.25, 0.3) is 0 Å². The molecule has 2 rings (SSSR count). The van der Waals surface area contributed by atoms with Crippen LogP contribution in [0.5, 0.6) is 0 Å². The highest BCUT2D eigenvalue weighted by Gasteiger charge is 2.32. The molecule has 4 atom stereocenters. The first-order valence-corrected chi connectivity index (χ1v) is 7.66. The van der Waals surface area contributed by atoms with Gasteiger partial charge < -0.3 is 5.11 Å². The van der Waals surface area contributed by atoms with Gasteiger partial charge in [0.05, 0.1) is 6.10 Å². The predicted octanol–water partition coefficient (Wildman–Crippen LogP) is 4.31. The van der Waals surface area contributed by atoms with Crippen molar-refractivity contribution in [3.63, 3.8) is 0 Å². The molecule has 0 heterocycles. The fourth-order valence-electron chi connectivity index (χ4n) is 3.65. The van der Waals surface area contributed by atoms with E-state index in [4.69, 9.17) is 0 Å². The molecule has 1 N–H and O–H groups in total.